The number of aromatic nitrogens is 6. The largest absolute Gasteiger partial charge is 0.265 e. The second kappa shape index (κ2) is 11.8. The summed E-state index contributed by atoms with van der Waals surface area (Å²) in [4.78, 5) is 27.4. The van der Waals surface area contributed by atoms with E-state index in [0.29, 0.717) is 17.5 Å². The first kappa shape index (κ1) is 26.5. The Kier molecular flexibility index (Phi) is 7.29. The molecule has 0 aliphatic rings. The van der Waals surface area contributed by atoms with Crippen LogP contribution in [0.25, 0.3) is 67.5 Å². The highest BCUT2D eigenvalue weighted by Gasteiger charge is 2.14. The molecule has 0 bridgehead atoms. The van der Waals surface area contributed by atoms with Gasteiger partial charge < -0.3 is 0 Å². The van der Waals surface area contributed by atoms with E-state index >= 15 is 0 Å². The van der Waals surface area contributed by atoms with Crippen molar-refractivity contribution in [3.05, 3.63) is 145 Å². The van der Waals surface area contributed by atoms with Crippen molar-refractivity contribution in [3.63, 3.8) is 0 Å². The number of rotatable bonds is 6. The van der Waals surface area contributed by atoms with Gasteiger partial charge >= 0.3 is 0 Å². The van der Waals surface area contributed by atoms with Crippen molar-refractivity contribution >= 4 is 15.9 Å². The molecule has 7 rings (SSSR count). The van der Waals surface area contributed by atoms with Crippen molar-refractivity contribution in [3.8, 4) is 67.5 Å². The van der Waals surface area contributed by atoms with Gasteiger partial charge in [-0.15, -0.1) is 0 Å². The maximum atomic E-state index is 4.97. The second-order valence-electron chi connectivity index (χ2n) is 9.90. The van der Waals surface area contributed by atoms with Crippen LogP contribution in [0.2, 0.25) is 0 Å². The fraction of sp³-hybridized carbons (Fsp3) is 0. The van der Waals surface area contributed by atoms with Crippen LogP contribution >= 0.6 is 15.9 Å². The van der Waals surface area contributed by atoms with Gasteiger partial charge in [-0.05, 0) is 76.3 Å². The van der Waals surface area contributed by atoms with E-state index in [1.54, 1.807) is 31.0 Å². The molecule has 4 heterocycles. The topological polar surface area (TPSA) is 77.3 Å². The number of halogens is 1. The van der Waals surface area contributed by atoms with E-state index in [0.717, 1.165) is 54.5 Å². The number of hydrogen-bond donors (Lipinski definition) is 0. The highest BCUT2D eigenvalue weighted by molar-refractivity contribution is 9.10. The van der Waals surface area contributed by atoms with Crippen molar-refractivity contribution in [2.45, 2.75) is 0 Å². The first-order chi connectivity index (χ1) is 21.2. The Labute approximate surface area is 257 Å². The predicted molar refractivity (Wildman–Crippen MR) is 174 cm³/mol. The molecule has 43 heavy (non-hydrogen) atoms. The maximum Gasteiger partial charge on any atom is 0.164 e. The predicted octanol–water partition coefficient (Wildman–Crippen LogP) is 8.82. The minimum Gasteiger partial charge on any atom is -0.265 e. The lowest BCUT2D eigenvalue weighted by Crippen LogP contribution is -2.00. The molecule has 204 valence electrons. The highest BCUT2D eigenvalue weighted by Crippen LogP contribution is 2.32. The van der Waals surface area contributed by atoms with E-state index in [4.69, 9.17) is 15.0 Å². The Morgan fingerprint density at radius 3 is 1.28 bits per heavy atom. The Bertz CT molecular complexity index is 1900. The molecule has 3 aromatic carbocycles. The van der Waals surface area contributed by atoms with Crippen LogP contribution in [0.1, 0.15) is 0 Å². The van der Waals surface area contributed by atoms with Crippen LogP contribution in [0.15, 0.2) is 145 Å². The van der Waals surface area contributed by atoms with Gasteiger partial charge in [0.1, 0.15) is 0 Å². The molecule has 0 N–H and O–H groups in total. The lowest BCUT2D eigenvalue weighted by molar-refractivity contribution is 1.07. The molecule has 7 aromatic rings. The van der Waals surface area contributed by atoms with Gasteiger partial charge in [0.2, 0.25) is 0 Å². The molecule has 0 fully saturated rings. The van der Waals surface area contributed by atoms with Crippen molar-refractivity contribution in [1.29, 1.82) is 0 Å². The zero-order chi connectivity index (χ0) is 29.0. The van der Waals surface area contributed by atoms with E-state index in [1.165, 1.54) is 0 Å². The summed E-state index contributed by atoms with van der Waals surface area (Å²) >= 11 is 3.69. The Hall–Kier alpha value is -5.40. The average Bonchev–Trinajstić information content (AvgIpc) is 3.09. The molecule has 7 heteroatoms. The summed E-state index contributed by atoms with van der Waals surface area (Å²) in [7, 11) is 0. The molecule has 0 amide bonds. The molecule has 0 radical (unpaired) electrons. The molecule has 0 atom stereocenters. The summed E-state index contributed by atoms with van der Waals surface area (Å²) in [5.41, 5.74) is 9.11. The van der Waals surface area contributed by atoms with Crippen LogP contribution in [0.3, 0.4) is 0 Å². The number of benzene rings is 3. The van der Waals surface area contributed by atoms with E-state index in [2.05, 4.69) is 67.3 Å². The lowest BCUT2D eigenvalue weighted by Gasteiger charge is -2.11. The van der Waals surface area contributed by atoms with Gasteiger partial charge in [-0.2, -0.15) is 0 Å². The quantitative estimate of drug-likeness (QED) is 0.185. The molecular weight excluding hydrogens is 596 g/mol. The first-order valence-electron chi connectivity index (χ1n) is 13.7. The van der Waals surface area contributed by atoms with Gasteiger partial charge in [-0.25, -0.2) is 15.0 Å². The van der Waals surface area contributed by atoms with E-state index in [9.17, 15) is 0 Å². The molecule has 6 nitrogen and oxygen atoms in total. The van der Waals surface area contributed by atoms with Gasteiger partial charge in [0.05, 0.1) is 0 Å². The van der Waals surface area contributed by atoms with Crippen LogP contribution < -0.4 is 0 Å². The molecule has 0 saturated heterocycles. The van der Waals surface area contributed by atoms with Gasteiger partial charge in [-0.3, -0.25) is 15.0 Å². The van der Waals surface area contributed by atoms with Gasteiger partial charge in [0.25, 0.3) is 0 Å². The summed E-state index contributed by atoms with van der Waals surface area (Å²) in [6.07, 6.45) is 10.8. The van der Waals surface area contributed by atoms with Crippen molar-refractivity contribution < 1.29 is 0 Å². The molecule has 0 saturated carbocycles. The third kappa shape index (κ3) is 5.84. The van der Waals surface area contributed by atoms with Crippen LogP contribution in [-0.4, -0.2) is 29.9 Å². The van der Waals surface area contributed by atoms with Crippen molar-refractivity contribution in [2.24, 2.45) is 0 Å². The minimum absolute atomic E-state index is 0.586. The highest BCUT2D eigenvalue weighted by atomic mass is 79.9. The molecule has 0 aliphatic carbocycles. The molecule has 0 spiro atoms. The van der Waals surface area contributed by atoms with Crippen LogP contribution in [0, 0.1) is 0 Å². The third-order valence-corrected chi connectivity index (χ3v) is 7.56. The molecular formula is C36H23BrN6. The fourth-order valence-electron chi connectivity index (χ4n) is 4.89. The van der Waals surface area contributed by atoms with Crippen LogP contribution in [0.4, 0.5) is 0 Å². The standard InChI is InChI=1S/C36H23BrN6/c37-33-21-31(30-2-1-15-40-23-30)20-32(22-33)36-42-34(28-7-3-24(4-8-28)26-11-16-38-17-12-26)41-35(43-36)29-9-5-25(6-10-29)27-13-18-39-19-14-27/h1-23H. The molecule has 0 unspecified atom stereocenters. The Morgan fingerprint density at radius 2 is 0.791 bits per heavy atom. The maximum absolute atomic E-state index is 4.97. The first-order valence-corrected chi connectivity index (χ1v) is 14.5. The summed E-state index contributed by atoms with van der Waals surface area (Å²) in [5, 5.41) is 0. The van der Waals surface area contributed by atoms with E-state index < -0.39 is 0 Å². The Balaban J connectivity index is 1.34. The van der Waals surface area contributed by atoms with E-state index in [1.807, 2.05) is 72.9 Å². The average molecular weight is 620 g/mol. The zero-order valence-electron chi connectivity index (χ0n) is 22.8. The number of pyridine rings is 3. The SMILES string of the molecule is Brc1cc(-c2cccnc2)cc(-c2nc(-c3ccc(-c4ccncc4)cc3)nc(-c3ccc(-c4ccncc4)cc3)n2)c1. The summed E-state index contributed by atoms with van der Waals surface area (Å²) in [5.74, 6) is 1.78. The Morgan fingerprint density at radius 1 is 0.349 bits per heavy atom. The monoisotopic (exact) mass is 618 g/mol. The smallest absolute Gasteiger partial charge is 0.164 e. The van der Waals surface area contributed by atoms with Crippen LogP contribution in [0.5, 0.6) is 0 Å². The molecule has 4 aromatic heterocycles. The van der Waals surface area contributed by atoms with Gasteiger partial charge in [-0.1, -0.05) is 70.5 Å². The number of hydrogen-bond acceptors (Lipinski definition) is 6. The summed E-state index contributed by atoms with van der Waals surface area (Å²) in [6, 6.07) is 34.7. The molecule has 0 aliphatic heterocycles. The third-order valence-electron chi connectivity index (χ3n) is 7.10. The van der Waals surface area contributed by atoms with Gasteiger partial charge in [0, 0.05) is 63.9 Å². The van der Waals surface area contributed by atoms with Crippen molar-refractivity contribution in [1.82, 2.24) is 29.9 Å². The zero-order valence-corrected chi connectivity index (χ0v) is 24.4. The minimum atomic E-state index is 0.586. The van der Waals surface area contributed by atoms with Crippen molar-refractivity contribution in [2.75, 3.05) is 0 Å². The normalized spacial score (nSPS) is 10.9. The lowest BCUT2D eigenvalue weighted by atomic mass is 10.0. The second-order valence-corrected chi connectivity index (χ2v) is 10.8. The van der Waals surface area contributed by atoms with E-state index in [-0.39, 0.29) is 0 Å². The fourth-order valence-corrected chi connectivity index (χ4v) is 5.39. The van der Waals surface area contributed by atoms with Crippen LogP contribution in [-0.2, 0) is 0 Å². The summed E-state index contributed by atoms with van der Waals surface area (Å²) in [6.45, 7) is 0. The summed E-state index contributed by atoms with van der Waals surface area (Å²) < 4.78 is 0.927. The number of nitrogens with zero attached hydrogens (tertiary/aromatic N) is 6. The van der Waals surface area contributed by atoms with Gasteiger partial charge in [0.15, 0.2) is 17.5 Å².